The predicted octanol–water partition coefficient (Wildman–Crippen LogP) is 2.17. The fourth-order valence-corrected chi connectivity index (χ4v) is 4.62. The smallest absolute Gasteiger partial charge is 0.257 e. The maximum Gasteiger partial charge on any atom is 0.257 e. The van der Waals surface area contributed by atoms with Crippen LogP contribution in [0.25, 0.3) is 0 Å². The van der Waals surface area contributed by atoms with Gasteiger partial charge in [-0.1, -0.05) is 30.3 Å². The van der Waals surface area contributed by atoms with E-state index in [2.05, 4.69) is 5.10 Å². The normalized spacial score (nSPS) is 21.9. The lowest BCUT2D eigenvalue weighted by atomic mass is 9.85. The van der Waals surface area contributed by atoms with Gasteiger partial charge in [0.15, 0.2) is 0 Å². The minimum Gasteiger partial charge on any atom is -0.383 e. The largest absolute Gasteiger partial charge is 0.383 e. The average molecular weight is 396 g/mol. The Morgan fingerprint density at radius 3 is 2.69 bits per heavy atom. The number of carbonyl (C=O) groups excluding carboxylic acids is 2. The van der Waals surface area contributed by atoms with Crippen molar-refractivity contribution in [1.29, 1.82) is 0 Å². The standard InChI is InChI=1S/C22H28N4O3/c1-29-14-13-24-11-5-9-22(21(24)28)10-6-12-26(22)20(27)19-15-23-25(17-19)16-18-7-3-2-4-8-18/h2-4,7-8,15,17H,5-6,9-14,16H2,1H3. The van der Waals surface area contributed by atoms with E-state index < -0.39 is 5.54 Å². The van der Waals surface area contributed by atoms with Crippen molar-refractivity contribution < 1.29 is 14.3 Å². The van der Waals surface area contributed by atoms with Crippen molar-refractivity contribution in [3.63, 3.8) is 0 Å². The van der Waals surface area contributed by atoms with Gasteiger partial charge in [-0.15, -0.1) is 0 Å². The number of methoxy groups -OCH3 is 1. The number of aromatic nitrogens is 2. The Labute approximate surface area is 171 Å². The summed E-state index contributed by atoms with van der Waals surface area (Å²) in [7, 11) is 1.64. The molecule has 2 aliphatic heterocycles. The zero-order chi connectivity index (χ0) is 20.3. The maximum atomic E-state index is 13.3. The van der Waals surface area contributed by atoms with Crippen LogP contribution >= 0.6 is 0 Å². The second-order valence-electron chi connectivity index (χ2n) is 7.89. The van der Waals surface area contributed by atoms with Crippen molar-refractivity contribution in [3.8, 4) is 0 Å². The third kappa shape index (κ3) is 3.79. The summed E-state index contributed by atoms with van der Waals surface area (Å²) in [4.78, 5) is 30.3. The van der Waals surface area contributed by atoms with Gasteiger partial charge in [-0.05, 0) is 31.2 Å². The van der Waals surface area contributed by atoms with Gasteiger partial charge in [0, 0.05) is 32.9 Å². The van der Waals surface area contributed by atoms with Crippen LogP contribution in [0.5, 0.6) is 0 Å². The molecule has 0 bridgehead atoms. The number of benzene rings is 1. The molecule has 2 saturated heterocycles. The van der Waals surface area contributed by atoms with E-state index in [1.807, 2.05) is 35.2 Å². The molecule has 0 saturated carbocycles. The number of nitrogens with zero attached hydrogens (tertiary/aromatic N) is 4. The van der Waals surface area contributed by atoms with Crippen molar-refractivity contribution in [3.05, 3.63) is 53.9 Å². The number of rotatable bonds is 6. The van der Waals surface area contributed by atoms with Gasteiger partial charge in [0.1, 0.15) is 5.54 Å². The molecule has 2 aromatic rings. The summed E-state index contributed by atoms with van der Waals surface area (Å²) >= 11 is 0. The predicted molar refractivity (Wildman–Crippen MR) is 108 cm³/mol. The van der Waals surface area contributed by atoms with Crippen molar-refractivity contribution in [2.45, 2.75) is 37.8 Å². The van der Waals surface area contributed by atoms with E-state index in [4.69, 9.17) is 4.74 Å². The minimum atomic E-state index is -0.704. The van der Waals surface area contributed by atoms with Gasteiger partial charge in [0.25, 0.3) is 5.91 Å². The van der Waals surface area contributed by atoms with E-state index in [0.717, 1.165) is 37.8 Å². The molecule has 2 fully saturated rings. The summed E-state index contributed by atoms with van der Waals surface area (Å²) in [5.41, 5.74) is 0.970. The van der Waals surface area contributed by atoms with Gasteiger partial charge >= 0.3 is 0 Å². The van der Waals surface area contributed by atoms with Crippen molar-refractivity contribution in [2.24, 2.45) is 0 Å². The average Bonchev–Trinajstić information content (AvgIpc) is 3.37. The highest BCUT2D eigenvalue weighted by atomic mass is 16.5. The molecule has 1 unspecified atom stereocenters. The van der Waals surface area contributed by atoms with Gasteiger partial charge in [0.2, 0.25) is 5.91 Å². The van der Waals surface area contributed by atoms with Crippen molar-refractivity contribution in [1.82, 2.24) is 19.6 Å². The van der Waals surface area contributed by atoms with Crippen LogP contribution < -0.4 is 0 Å². The molecule has 0 N–H and O–H groups in total. The van der Waals surface area contributed by atoms with Crippen LogP contribution in [0.4, 0.5) is 0 Å². The molecule has 1 aromatic heterocycles. The second-order valence-corrected chi connectivity index (χ2v) is 7.89. The van der Waals surface area contributed by atoms with Crippen LogP contribution in [0.1, 0.15) is 41.6 Å². The number of likely N-dealkylation sites (tertiary alicyclic amines) is 2. The molecule has 2 aliphatic rings. The minimum absolute atomic E-state index is 0.0725. The van der Waals surface area contributed by atoms with E-state index in [1.54, 1.807) is 29.1 Å². The van der Waals surface area contributed by atoms with Gasteiger partial charge in [-0.3, -0.25) is 14.3 Å². The molecular formula is C22H28N4O3. The molecule has 1 spiro atoms. The van der Waals surface area contributed by atoms with E-state index in [0.29, 0.717) is 31.8 Å². The maximum absolute atomic E-state index is 13.3. The first-order valence-corrected chi connectivity index (χ1v) is 10.3. The molecule has 1 aromatic carbocycles. The molecular weight excluding hydrogens is 368 g/mol. The number of hydrogen-bond donors (Lipinski definition) is 0. The van der Waals surface area contributed by atoms with Crippen LogP contribution in [0, 0.1) is 0 Å². The topological polar surface area (TPSA) is 67.7 Å². The summed E-state index contributed by atoms with van der Waals surface area (Å²) in [6.07, 6.45) is 6.64. The molecule has 1 atom stereocenters. The monoisotopic (exact) mass is 396 g/mol. The zero-order valence-corrected chi connectivity index (χ0v) is 16.9. The first-order chi connectivity index (χ1) is 14.1. The molecule has 0 radical (unpaired) electrons. The van der Waals surface area contributed by atoms with E-state index in [1.165, 1.54) is 0 Å². The van der Waals surface area contributed by atoms with Gasteiger partial charge < -0.3 is 14.5 Å². The highest BCUT2D eigenvalue weighted by molar-refractivity contribution is 5.99. The molecule has 2 amide bonds. The summed E-state index contributed by atoms with van der Waals surface area (Å²) in [6, 6.07) is 10.0. The highest BCUT2D eigenvalue weighted by Gasteiger charge is 2.52. The molecule has 0 aliphatic carbocycles. The molecule has 4 rings (SSSR count). The number of carbonyl (C=O) groups is 2. The van der Waals surface area contributed by atoms with Crippen LogP contribution in [-0.2, 0) is 16.1 Å². The first kappa shape index (κ1) is 19.6. The zero-order valence-electron chi connectivity index (χ0n) is 16.9. The Hall–Kier alpha value is -2.67. The van der Waals surface area contributed by atoms with Crippen LogP contribution in [0.3, 0.4) is 0 Å². The number of amides is 2. The van der Waals surface area contributed by atoms with E-state index >= 15 is 0 Å². The lowest BCUT2D eigenvalue weighted by molar-refractivity contribution is -0.146. The van der Waals surface area contributed by atoms with Gasteiger partial charge in [-0.2, -0.15) is 5.10 Å². The molecule has 154 valence electrons. The van der Waals surface area contributed by atoms with E-state index in [9.17, 15) is 9.59 Å². The lowest BCUT2D eigenvalue weighted by Crippen LogP contribution is -2.61. The summed E-state index contributed by atoms with van der Waals surface area (Å²) in [5.74, 6) is -0.0212. The fraction of sp³-hybridized carbons (Fsp3) is 0.500. The summed E-state index contributed by atoms with van der Waals surface area (Å²) in [6.45, 7) is 3.06. The Morgan fingerprint density at radius 1 is 1.17 bits per heavy atom. The van der Waals surface area contributed by atoms with Crippen LogP contribution in [0.15, 0.2) is 42.7 Å². The SMILES string of the molecule is COCCN1CCCC2(CCCN2C(=O)c2cnn(Cc3ccccc3)c2)C1=O. The first-order valence-electron chi connectivity index (χ1n) is 10.3. The number of ether oxygens (including phenoxy) is 1. The van der Waals surface area contributed by atoms with Crippen LogP contribution in [0.2, 0.25) is 0 Å². The highest BCUT2D eigenvalue weighted by Crippen LogP contribution is 2.39. The van der Waals surface area contributed by atoms with Crippen LogP contribution in [-0.4, -0.2) is 70.3 Å². The Morgan fingerprint density at radius 2 is 1.93 bits per heavy atom. The van der Waals surface area contributed by atoms with Gasteiger partial charge in [-0.25, -0.2) is 0 Å². The Balaban J connectivity index is 1.51. The molecule has 3 heterocycles. The quantitative estimate of drug-likeness (QED) is 0.751. The Bertz CT molecular complexity index is 866. The fourth-order valence-electron chi connectivity index (χ4n) is 4.62. The Kier molecular flexibility index (Phi) is 5.67. The second kappa shape index (κ2) is 8.37. The molecule has 29 heavy (non-hydrogen) atoms. The van der Waals surface area contributed by atoms with Crippen molar-refractivity contribution in [2.75, 3.05) is 33.4 Å². The number of hydrogen-bond acceptors (Lipinski definition) is 4. The summed E-state index contributed by atoms with van der Waals surface area (Å²) < 4.78 is 6.93. The van der Waals surface area contributed by atoms with Crippen molar-refractivity contribution >= 4 is 11.8 Å². The van der Waals surface area contributed by atoms with E-state index in [-0.39, 0.29) is 11.8 Å². The molecule has 7 heteroatoms. The van der Waals surface area contributed by atoms with Gasteiger partial charge in [0.05, 0.1) is 24.9 Å². The number of piperidine rings is 1. The third-order valence-electron chi connectivity index (χ3n) is 6.07. The molecule has 7 nitrogen and oxygen atoms in total. The summed E-state index contributed by atoms with van der Waals surface area (Å²) in [5, 5.41) is 4.37. The lowest BCUT2D eigenvalue weighted by Gasteiger charge is -2.44. The third-order valence-corrected chi connectivity index (χ3v) is 6.07.